The van der Waals surface area contributed by atoms with Gasteiger partial charge in [-0.15, -0.1) is 0 Å². The number of benzene rings is 4. The third-order valence-corrected chi connectivity index (χ3v) is 4.57. The molecule has 5 aromatic rings. The second-order valence-corrected chi connectivity index (χ2v) is 6.00. The van der Waals surface area contributed by atoms with Crippen LogP contribution < -0.4 is 0 Å². The van der Waals surface area contributed by atoms with Crippen molar-refractivity contribution in [1.82, 2.24) is 4.98 Å². The molecule has 1 heteroatoms. The summed E-state index contributed by atoms with van der Waals surface area (Å²) in [5, 5.41) is 5.13. The van der Waals surface area contributed by atoms with Crippen molar-refractivity contribution in [2.24, 2.45) is 0 Å². The summed E-state index contributed by atoms with van der Waals surface area (Å²) in [6.45, 7) is 0. The van der Waals surface area contributed by atoms with Crippen LogP contribution in [0.15, 0.2) is 84.9 Å². The second-order valence-electron chi connectivity index (χ2n) is 6.00. The van der Waals surface area contributed by atoms with Crippen molar-refractivity contribution in [1.29, 1.82) is 0 Å². The van der Waals surface area contributed by atoms with Gasteiger partial charge in [-0.25, -0.2) is 0 Å². The van der Waals surface area contributed by atoms with E-state index < -0.39 is 0 Å². The van der Waals surface area contributed by atoms with Crippen molar-refractivity contribution < 1.29 is 0 Å². The SMILES string of the molecule is c1ccc(-c2ccc3cc4[nH]c5ccccc5c4cc3c2)cc1. The maximum Gasteiger partial charge on any atom is 0.0471 e. The van der Waals surface area contributed by atoms with Crippen LogP contribution in [0.5, 0.6) is 0 Å². The molecule has 5 rings (SSSR count). The standard InChI is InChI=1S/C22H15N/c1-2-6-15(7-3-1)16-10-11-17-14-22-20(13-18(17)12-16)19-8-4-5-9-21(19)23-22/h1-14,23H. The van der Waals surface area contributed by atoms with E-state index in [1.807, 2.05) is 0 Å². The number of aromatic amines is 1. The van der Waals surface area contributed by atoms with Crippen LogP contribution >= 0.6 is 0 Å². The zero-order valence-electron chi connectivity index (χ0n) is 12.6. The molecule has 0 atom stereocenters. The average Bonchev–Trinajstić information content (AvgIpc) is 2.97. The number of aromatic nitrogens is 1. The maximum atomic E-state index is 3.52. The number of hydrogen-bond donors (Lipinski definition) is 1. The molecule has 0 aliphatic rings. The second kappa shape index (κ2) is 4.72. The van der Waals surface area contributed by atoms with E-state index in [0.29, 0.717) is 0 Å². The van der Waals surface area contributed by atoms with Gasteiger partial charge in [0.15, 0.2) is 0 Å². The molecule has 0 bridgehead atoms. The van der Waals surface area contributed by atoms with Gasteiger partial charge in [-0.1, -0.05) is 60.7 Å². The maximum absolute atomic E-state index is 3.52. The van der Waals surface area contributed by atoms with Gasteiger partial charge in [0.05, 0.1) is 0 Å². The summed E-state index contributed by atoms with van der Waals surface area (Å²) in [5.41, 5.74) is 4.91. The molecule has 1 heterocycles. The summed E-state index contributed by atoms with van der Waals surface area (Å²) < 4.78 is 0. The molecular formula is C22H15N. The van der Waals surface area contributed by atoms with Crippen molar-refractivity contribution in [2.45, 2.75) is 0 Å². The van der Waals surface area contributed by atoms with Gasteiger partial charge in [-0.2, -0.15) is 0 Å². The lowest BCUT2D eigenvalue weighted by Crippen LogP contribution is -1.79. The molecule has 0 amide bonds. The number of hydrogen-bond acceptors (Lipinski definition) is 0. The first-order chi connectivity index (χ1) is 11.4. The molecule has 0 fully saturated rings. The van der Waals surface area contributed by atoms with Gasteiger partial charge in [0.1, 0.15) is 0 Å². The average molecular weight is 293 g/mol. The lowest BCUT2D eigenvalue weighted by atomic mass is 10.00. The van der Waals surface area contributed by atoms with E-state index in [0.717, 1.165) is 0 Å². The van der Waals surface area contributed by atoms with Crippen LogP contribution in [0.25, 0.3) is 43.7 Å². The molecule has 0 saturated carbocycles. The van der Waals surface area contributed by atoms with Crippen molar-refractivity contribution in [3.63, 3.8) is 0 Å². The summed E-state index contributed by atoms with van der Waals surface area (Å²) in [6, 6.07) is 30.3. The molecule has 4 aromatic carbocycles. The molecule has 1 aromatic heterocycles. The number of rotatable bonds is 1. The van der Waals surface area contributed by atoms with Crippen LogP contribution in [0, 0.1) is 0 Å². The first-order valence-electron chi connectivity index (χ1n) is 7.88. The summed E-state index contributed by atoms with van der Waals surface area (Å²) in [4.78, 5) is 3.52. The van der Waals surface area contributed by atoms with Crippen LogP contribution in [0.4, 0.5) is 0 Å². The third kappa shape index (κ3) is 1.94. The van der Waals surface area contributed by atoms with Gasteiger partial charge in [0.25, 0.3) is 0 Å². The minimum atomic E-state index is 1.20. The minimum absolute atomic E-state index is 1.20. The molecular weight excluding hydrogens is 278 g/mol. The van der Waals surface area contributed by atoms with E-state index in [2.05, 4.69) is 89.9 Å². The van der Waals surface area contributed by atoms with Crippen LogP contribution in [-0.2, 0) is 0 Å². The van der Waals surface area contributed by atoms with Crippen molar-refractivity contribution in [3.05, 3.63) is 84.9 Å². The minimum Gasteiger partial charge on any atom is -0.354 e. The summed E-state index contributed by atoms with van der Waals surface area (Å²) in [5.74, 6) is 0. The lowest BCUT2D eigenvalue weighted by molar-refractivity contribution is 1.55. The largest absolute Gasteiger partial charge is 0.354 e. The van der Waals surface area contributed by atoms with Crippen molar-refractivity contribution in [2.75, 3.05) is 0 Å². The van der Waals surface area contributed by atoms with Crippen molar-refractivity contribution >= 4 is 32.6 Å². The topological polar surface area (TPSA) is 15.8 Å². The Morgan fingerprint density at radius 2 is 1.30 bits per heavy atom. The van der Waals surface area contributed by atoms with E-state index >= 15 is 0 Å². The fourth-order valence-electron chi connectivity index (χ4n) is 3.41. The van der Waals surface area contributed by atoms with Gasteiger partial charge >= 0.3 is 0 Å². The summed E-state index contributed by atoms with van der Waals surface area (Å²) in [7, 11) is 0. The van der Waals surface area contributed by atoms with Gasteiger partial charge in [0.2, 0.25) is 0 Å². The third-order valence-electron chi connectivity index (χ3n) is 4.57. The van der Waals surface area contributed by atoms with E-state index in [-0.39, 0.29) is 0 Å². The molecule has 1 N–H and O–H groups in total. The lowest BCUT2D eigenvalue weighted by Gasteiger charge is -2.05. The first-order valence-corrected chi connectivity index (χ1v) is 7.88. The number of H-pyrrole nitrogens is 1. The highest BCUT2D eigenvalue weighted by molar-refractivity contribution is 6.12. The molecule has 0 radical (unpaired) electrons. The Labute approximate surface area is 134 Å². The van der Waals surface area contributed by atoms with Crippen LogP contribution in [0.3, 0.4) is 0 Å². The Balaban J connectivity index is 1.81. The Hall–Kier alpha value is -3.06. The van der Waals surface area contributed by atoms with Gasteiger partial charge < -0.3 is 4.98 Å². The zero-order chi connectivity index (χ0) is 15.2. The molecule has 0 unspecified atom stereocenters. The fourth-order valence-corrected chi connectivity index (χ4v) is 3.41. The molecule has 0 aliphatic carbocycles. The van der Waals surface area contributed by atoms with Gasteiger partial charge in [-0.3, -0.25) is 0 Å². The van der Waals surface area contributed by atoms with Gasteiger partial charge in [0, 0.05) is 21.8 Å². The van der Waals surface area contributed by atoms with E-state index in [9.17, 15) is 0 Å². The monoisotopic (exact) mass is 293 g/mol. The van der Waals surface area contributed by atoms with E-state index in [4.69, 9.17) is 0 Å². The predicted octanol–water partition coefficient (Wildman–Crippen LogP) is 6.14. The first kappa shape index (κ1) is 12.5. The highest BCUT2D eigenvalue weighted by Crippen LogP contribution is 2.31. The summed E-state index contributed by atoms with van der Waals surface area (Å²) in [6.07, 6.45) is 0. The normalized spacial score (nSPS) is 11.5. The Morgan fingerprint density at radius 1 is 0.478 bits per heavy atom. The van der Waals surface area contributed by atoms with Crippen molar-refractivity contribution in [3.8, 4) is 11.1 Å². The number of nitrogens with one attached hydrogen (secondary N) is 1. The number of fused-ring (bicyclic) bond motifs is 4. The Bertz CT molecular complexity index is 1150. The summed E-state index contributed by atoms with van der Waals surface area (Å²) >= 11 is 0. The van der Waals surface area contributed by atoms with E-state index in [1.54, 1.807) is 0 Å². The predicted molar refractivity (Wildman–Crippen MR) is 98.7 cm³/mol. The zero-order valence-corrected chi connectivity index (χ0v) is 12.6. The van der Waals surface area contributed by atoms with Crippen LogP contribution in [-0.4, -0.2) is 4.98 Å². The smallest absolute Gasteiger partial charge is 0.0471 e. The molecule has 0 aliphatic heterocycles. The molecule has 1 nitrogen and oxygen atoms in total. The fraction of sp³-hybridized carbons (Fsp3) is 0. The molecule has 23 heavy (non-hydrogen) atoms. The van der Waals surface area contributed by atoms with Gasteiger partial charge in [-0.05, 0) is 46.2 Å². The van der Waals surface area contributed by atoms with Crippen LogP contribution in [0.1, 0.15) is 0 Å². The van der Waals surface area contributed by atoms with Crippen LogP contribution in [0.2, 0.25) is 0 Å². The Morgan fingerprint density at radius 3 is 2.22 bits per heavy atom. The highest BCUT2D eigenvalue weighted by atomic mass is 14.7. The highest BCUT2D eigenvalue weighted by Gasteiger charge is 2.06. The van der Waals surface area contributed by atoms with E-state index in [1.165, 1.54) is 43.7 Å². The Kier molecular flexibility index (Phi) is 2.56. The number of para-hydroxylation sites is 1. The molecule has 0 spiro atoms. The molecule has 108 valence electrons. The quantitative estimate of drug-likeness (QED) is 0.382. The molecule has 0 saturated heterocycles.